The lowest BCUT2D eigenvalue weighted by Crippen LogP contribution is -2.59. The number of aliphatic hydroxyl groups excluding tert-OH is 4. The van der Waals surface area contributed by atoms with Gasteiger partial charge in [-0.1, -0.05) is 12.1 Å². The Kier molecular flexibility index (Phi) is 5.55. The molecule has 0 spiro atoms. The number of Topliss-reactive ketones (excluding diaryl/α,β-unsaturated/α-hetero) is 1. The van der Waals surface area contributed by atoms with E-state index in [9.17, 15) is 35.4 Å². The Morgan fingerprint density at radius 2 is 1.93 bits per heavy atom. The Bertz CT molecular complexity index is 702. The highest BCUT2D eigenvalue weighted by Crippen LogP contribution is 2.42. The van der Waals surface area contributed by atoms with Crippen molar-refractivity contribution in [3.8, 4) is 5.75 Å². The number of ketones is 1. The van der Waals surface area contributed by atoms with Gasteiger partial charge >= 0.3 is 0 Å². The summed E-state index contributed by atoms with van der Waals surface area (Å²) in [7, 11) is 0. The summed E-state index contributed by atoms with van der Waals surface area (Å²) in [5.41, 5.74) is -1.14. The Morgan fingerprint density at radius 1 is 1.22 bits per heavy atom. The predicted octanol–water partition coefficient (Wildman–Crippen LogP) is -1.38. The monoisotopic (exact) mass is 384 g/mol. The molecule has 1 aliphatic heterocycles. The molecule has 1 saturated heterocycles. The molecular weight excluding hydrogens is 360 g/mol. The van der Waals surface area contributed by atoms with Gasteiger partial charge in [0, 0.05) is 12.3 Å². The number of fused-ring (bicyclic) bond motifs is 1. The van der Waals surface area contributed by atoms with E-state index in [2.05, 4.69) is 0 Å². The number of hydrogen-bond donors (Lipinski definition) is 6. The van der Waals surface area contributed by atoms with Gasteiger partial charge in [0.15, 0.2) is 12.1 Å². The average molecular weight is 384 g/mol. The third-order valence-corrected chi connectivity index (χ3v) is 5.40. The highest BCUT2D eigenvalue weighted by molar-refractivity contribution is 6.01. The molecule has 0 aromatic heterocycles. The summed E-state index contributed by atoms with van der Waals surface area (Å²) in [6.45, 7) is 0.715. The maximum Gasteiger partial charge on any atom is 0.186 e. The van der Waals surface area contributed by atoms with Crippen LogP contribution in [0.4, 0.5) is 0 Å². The molecule has 0 unspecified atom stereocenters. The van der Waals surface area contributed by atoms with Gasteiger partial charge in [0.1, 0.15) is 30.2 Å². The summed E-state index contributed by atoms with van der Waals surface area (Å²) in [5, 5.41) is 59.7. The van der Waals surface area contributed by atoms with E-state index < -0.39 is 48.8 Å². The van der Waals surface area contributed by atoms with E-state index in [-0.39, 0.29) is 35.7 Å². The van der Waals surface area contributed by atoms with Crippen molar-refractivity contribution in [2.24, 2.45) is 5.92 Å². The molecule has 0 bridgehead atoms. The molecule has 27 heavy (non-hydrogen) atoms. The number of aromatic hydroxyl groups is 1. The van der Waals surface area contributed by atoms with E-state index in [0.29, 0.717) is 0 Å². The molecule has 6 N–H and O–H groups in total. The standard InChI is InChI=1S/C18H24O9/c1-18(25)8(5-11(21)13-9(18)3-2-4-10(13)20)7-26-17-16(24)15(23)14(22)12(6-19)27-17/h2-4,8,12,14-17,19-20,22-25H,5-7H2,1H3/t8-,12+,14+,15-,16+,17-,18-/m0/s1. The van der Waals surface area contributed by atoms with E-state index in [4.69, 9.17) is 9.47 Å². The second-order valence-electron chi connectivity index (χ2n) is 7.20. The van der Waals surface area contributed by atoms with Crippen LogP contribution < -0.4 is 0 Å². The summed E-state index contributed by atoms with van der Waals surface area (Å²) in [4.78, 5) is 12.4. The lowest BCUT2D eigenvalue weighted by Gasteiger charge is -2.42. The fourth-order valence-corrected chi connectivity index (χ4v) is 3.64. The van der Waals surface area contributed by atoms with Crippen molar-refractivity contribution in [2.45, 2.75) is 49.7 Å². The predicted molar refractivity (Wildman–Crippen MR) is 89.8 cm³/mol. The largest absolute Gasteiger partial charge is 0.507 e. The number of carbonyl (C=O) groups excluding carboxylic acids is 1. The maximum absolute atomic E-state index is 12.4. The van der Waals surface area contributed by atoms with Gasteiger partial charge in [-0.3, -0.25) is 4.79 Å². The van der Waals surface area contributed by atoms with Crippen LogP contribution in [-0.4, -0.2) is 80.3 Å². The van der Waals surface area contributed by atoms with Gasteiger partial charge in [0.05, 0.1) is 24.4 Å². The average Bonchev–Trinajstić information content (AvgIpc) is 2.63. The van der Waals surface area contributed by atoms with Crippen molar-refractivity contribution in [2.75, 3.05) is 13.2 Å². The quantitative estimate of drug-likeness (QED) is 0.368. The molecule has 1 aromatic rings. The summed E-state index contributed by atoms with van der Waals surface area (Å²) in [6, 6.07) is 4.45. The fraction of sp³-hybridized carbons (Fsp3) is 0.611. The third-order valence-electron chi connectivity index (χ3n) is 5.40. The topological polar surface area (TPSA) is 157 Å². The van der Waals surface area contributed by atoms with Gasteiger partial charge in [-0.2, -0.15) is 0 Å². The highest BCUT2D eigenvalue weighted by atomic mass is 16.7. The first-order valence-electron chi connectivity index (χ1n) is 8.68. The van der Waals surface area contributed by atoms with Crippen LogP contribution in [0.1, 0.15) is 29.3 Å². The van der Waals surface area contributed by atoms with Crippen molar-refractivity contribution in [1.82, 2.24) is 0 Å². The normalized spacial score (nSPS) is 39.3. The molecule has 1 fully saturated rings. The molecule has 3 rings (SSSR count). The molecule has 9 nitrogen and oxygen atoms in total. The zero-order valence-electron chi connectivity index (χ0n) is 14.7. The first kappa shape index (κ1) is 20.2. The van der Waals surface area contributed by atoms with Gasteiger partial charge in [-0.05, 0) is 18.6 Å². The lowest BCUT2D eigenvalue weighted by molar-refractivity contribution is -0.305. The van der Waals surface area contributed by atoms with Crippen molar-refractivity contribution in [3.63, 3.8) is 0 Å². The van der Waals surface area contributed by atoms with Crippen LogP contribution in [0, 0.1) is 5.92 Å². The molecule has 150 valence electrons. The van der Waals surface area contributed by atoms with Crippen LogP contribution in [0.25, 0.3) is 0 Å². The zero-order valence-corrected chi connectivity index (χ0v) is 14.7. The van der Waals surface area contributed by atoms with Gasteiger partial charge in [0.25, 0.3) is 0 Å². The Balaban J connectivity index is 1.76. The molecule has 1 aromatic carbocycles. The van der Waals surface area contributed by atoms with Crippen molar-refractivity contribution in [3.05, 3.63) is 29.3 Å². The number of rotatable bonds is 4. The minimum absolute atomic E-state index is 0.0755. The van der Waals surface area contributed by atoms with Crippen LogP contribution in [0.3, 0.4) is 0 Å². The van der Waals surface area contributed by atoms with E-state index in [1.165, 1.54) is 19.1 Å². The van der Waals surface area contributed by atoms with Crippen LogP contribution >= 0.6 is 0 Å². The number of benzene rings is 1. The van der Waals surface area contributed by atoms with E-state index in [1.54, 1.807) is 6.07 Å². The van der Waals surface area contributed by atoms with Gasteiger partial charge in [0.2, 0.25) is 0 Å². The second kappa shape index (κ2) is 7.44. The Morgan fingerprint density at radius 3 is 2.59 bits per heavy atom. The molecule has 7 atom stereocenters. The number of carbonyl (C=O) groups is 1. The van der Waals surface area contributed by atoms with Crippen molar-refractivity contribution in [1.29, 1.82) is 0 Å². The van der Waals surface area contributed by atoms with Crippen LogP contribution in [-0.2, 0) is 15.1 Å². The Labute approximate surface area is 155 Å². The zero-order chi connectivity index (χ0) is 19.9. The molecule has 9 heteroatoms. The van der Waals surface area contributed by atoms with Gasteiger partial charge in [-0.15, -0.1) is 0 Å². The molecule has 2 aliphatic rings. The first-order valence-corrected chi connectivity index (χ1v) is 8.68. The van der Waals surface area contributed by atoms with Gasteiger partial charge in [-0.25, -0.2) is 0 Å². The molecule has 0 radical (unpaired) electrons. The minimum Gasteiger partial charge on any atom is -0.507 e. The second-order valence-corrected chi connectivity index (χ2v) is 7.20. The Hall–Kier alpha value is -1.59. The maximum atomic E-state index is 12.4. The number of aliphatic hydroxyl groups is 5. The molecule has 0 saturated carbocycles. The smallest absolute Gasteiger partial charge is 0.186 e. The van der Waals surface area contributed by atoms with Crippen molar-refractivity contribution >= 4 is 5.78 Å². The summed E-state index contributed by atoms with van der Waals surface area (Å²) >= 11 is 0. The van der Waals surface area contributed by atoms with Crippen LogP contribution in [0.5, 0.6) is 5.75 Å². The van der Waals surface area contributed by atoms with Crippen LogP contribution in [0.15, 0.2) is 18.2 Å². The highest BCUT2D eigenvalue weighted by Gasteiger charge is 2.47. The SMILES string of the molecule is C[C@@]1(O)c2cccc(O)c2C(=O)C[C@H]1CO[C@H]1O[C@H](CO)[C@@H](O)[C@H](O)[C@H]1O. The van der Waals surface area contributed by atoms with Crippen LogP contribution in [0.2, 0.25) is 0 Å². The summed E-state index contributed by atoms with van der Waals surface area (Å²) in [6.07, 6.45) is -7.21. The lowest BCUT2D eigenvalue weighted by atomic mass is 9.72. The summed E-state index contributed by atoms with van der Waals surface area (Å²) in [5.74, 6) is -1.25. The van der Waals surface area contributed by atoms with E-state index in [0.717, 1.165) is 0 Å². The van der Waals surface area contributed by atoms with E-state index in [1.807, 2.05) is 0 Å². The minimum atomic E-state index is -1.58. The van der Waals surface area contributed by atoms with Crippen molar-refractivity contribution < 1.29 is 44.9 Å². The van der Waals surface area contributed by atoms with E-state index >= 15 is 0 Å². The number of ether oxygens (including phenoxy) is 2. The fourth-order valence-electron chi connectivity index (χ4n) is 3.64. The number of hydrogen-bond acceptors (Lipinski definition) is 9. The molecule has 1 heterocycles. The molecular formula is C18H24O9. The number of phenols is 1. The molecule has 0 amide bonds. The van der Waals surface area contributed by atoms with Gasteiger partial charge < -0.3 is 40.1 Å². The third kappa shape index (κ3) is 3.47. The summed E-state index contributed by atoms with van der Waals surface area (Å²) < 4.78 is 10.8. The molecule has 1 aliphatic carbocycles. The first-order chi connectivity index (χ1) is 12.7. The number of phenolic OH excluding ortho intramolecular Hbond substituents is 1.